The molecule has 0 aliphatic heterocycles. The van der Waals surface area contributed by atoms with Crippen molar-refractivity contribution in [2.24, 2.45) is 5.92 Å². The number of nitrogen functional groups attached to an aromatic ring is 1. The second kappa shape index (κ2) is 4.44. The van der Waals surface area contributed by atoms with Crippen LogP contribution in [0.2, 0.25) is 0 Å². The highest BCUT2D eigenvalue weighted by Gasteiger charge is 2.19. The Labute approximate surface area is 98.9 Å². The van der Waals surface area contributed by atoms with E-state index in [2.05, 4.69) is 15.9 Å². The number of hydrogen-bond donors (Lipinski definition) is 1. The van der Waals surface area contributed by atoms with Crippen molar-refractivity contribution in [3.63, 3.8) is 0 Å². The van der Waals surface area contributed by atoms with Crippen LogP contribution in [0, 0.1) is 12.8 Å². The lowest BCUT2D eigenvalue weighted by Gasteiger charge is -2.25. The molecule has 2 rings (SSSR count). The van der Waals surface area contributed by atoms with E-state index in [-0.39, 0.29) is 0 Å². The Morgan fingerprint density at radius 1 is 1.47 bits per heavy atom. The Hall–Kier alpha value is -0.700. The van der Waals surface area contributed by atoms with Crippen LogP contribution in [0.1, 0.15) is 24.8 Å². The fraction of sp³-hybridized carbons (Fsp3) is 0.500. The van der Waals surface area contributed by atoms with Gasteiger partial charge in [0.05, 0.1) is 16.8 Å². The maximum atomic E-state index is 5.91. The highest BCUT2D eigenvalue weighted by Crippen LogP contribution is 2.34. The summed E-state index contributed by atoms with van der Waals surface area (Å²) in [6, 6.07) is 3.98. The van der Waals surface area contributed by atoms with Gasteiger partial charge >= 0.3 is 0 Å². The molecule has 0 atom stereocenters. The number of anilines is 1. The topological polar surface area (TPSA) is 35.2 Å². The summed E-state index contributed by atoms with van der Waals surface area (Å²) in [4.78, 5) is 0. The predicted molar refractivity (Wildman–Crippen MR) is 66.1 cm³/mol. The average Bonchev–Trinajstić information content (AvgIpc) is 2.06. The zero-order chi connectivity index (χ0) is 10.8. The third-order valence-electron chi connectivity index (χ3n) is 2.90. The van der Waals surface area contributed by atoms with Gasteiger partial charge in [-0.3, -0.25) is 0 Å². The van der Waals surface area contributed by atoms with E-state index >= 15 is 0 Å². The molecule has 0 saturated heterocycles. The van der Waals surface area contributed by atoms with Gasteiger partial charge in [-0.2, -0.15) is 0 Å². The van der Waals surface area contributed by atoms with Crippen LogP contribution in [0.4, 0.5) is 5.69 Å². The van der Waals surface area contributed by atoms with Gasteiger partial charge in [0.25, 0.3) is 0 Å². The van der Waals surface area contributed by atoms with Crippen molar-refractivity contribution in [1.29, 1.82) is 0 Å². The highest BCUT2D eigenvalue weighted by atomic mass is 79.9. The van der Waals surface area contributed by atoms with Gasteiger partial charge in [-0.1, -0.05) is 6.42 Å². The Kier molecular flexibility index (Phi) is 3.19. The van der Waals surface area contributed by atoms with E-state index in [9.17, 15) is 0 Å². The second-order valence-electron chi connectivity index (χ2n) is 4.27. The summed E-state index contributed by atoms with van der Waals surface area (Å²) in [5.74, 6) is 1.53. The molecular formula is C12H16BrNO. The second-order valence-corrected chi connectivity index (χ2v) is 5.13. The summed E-state index contributed by atoms with van der Waals surface area (Å²) in [6.45, 7) is 2.82. The minimum Gasteiger partial charge on any atom is -0.490 e. The van der Waals surface area contributed by atoms with E-state index in [1.54, 1.807) is 0 Å². The quantitative estimate of drug-likeness (QED) is 0.853. The maximum Gasteiger partial charge on any atom is 0.156 e. The van der Waals surface area contributed by atoms with Crippen LogP contribution in [-0.4, -0.2) is 6.61 Å². The smallest absolute Gasteiger partial charge is 0.156 e. The third kappa shape index (κ3) is 2.46. The summed E-state index contributed by atoms with van der Waals surface area (Å²) in [5, 5.41) is 0. The van der Waals surface area contributed by atoms with Crippen molar-refractivity contribution in [1.82, 2.24) is 0 Å². The lowest BCUT2D eigenvalue weighted by molar-refractivity contribution is 0.180. The van der Waals surface area contributed by atoms with E-state index in [1.165, 1.54) is 19.3 Å². The molecule has 1 aromatic rings. The van der Waals surface area contributed by atoms with Crippen molar-refractivity contribution in [3.05, 3.63) is 22.2 Å². The van der Waals surface area contributed by atoms with Gasteiger partial charge < -0.3 is 10.5 Å². The Bertz CT molecular complexity index is 338. The van der Waals surface area contributed by atoms with E-state index in [0.717, 1.165) is 34.0 Å². The first-order chi connectivity index (χ1) is 7.16. The first kappa shape index (κ1) is 10.8. The summed E-state index contributed by atoms with van der Waals surface area (Å²) >= 11 is 3.48. The largest absolute Gasteiger partial charge is 0.490 e. The third-order valence-corrected chi connectivity index (χ3v) is 3.49. The summed E-state index contributed by atoms with van der Waals surface area (Å²) < 4.78 is 6.71. The monoisotopic (exact) mass is 269 g/mol. The predicted octanol–water partition coefficient (Wildman–Crippen LogP) is 3.52. The van der Waals surface area contributed by atoms with Crippen LogP contribution in [0.15, 0.2) is 16.6 Å². The van der Waals surface area contributed by atoms with Crippen LogP contribution in [-0.2, 0) is 0 Å². The number of benzene rings is 1. The van der Waals surface area contributed by atoms with Gasteiger partial charge in [-0.15, -0.1) is 0 Å². The zero-order valence-electron chi connectivity index (χ0n) is 8.92. The normalized spacial score (nSPS) is 16.1. The van der Waals surface area contributed by atoms with Crippen molar-refractivity contribution in [2.75, 3.05) is 12.3 Å². The molecule has 0 heterocycles. The number of halogens is 1. The fourth-order valence-corrected chi connectivity index (χ4v) is 2.47. The van der Waals surface area contributed by atoms with Crippen LogP contribution in [0.5, 0.6) is 5.75 Å². The van der Waals surface area contributed by atoms with Crippen molar-refractivity contribution in [2.45, 2.75) is 26.2 Å². The number of ether oxygens (including phenoxy) is 1. The molecule has 15 heavy (non-hydrogen) atoms. The van der Waals surface area contributed by atoms with E-state index in [1.807, 2.05) is 19.1 Å². The molecule has 0 radical (unpaired) electrons. The van der Waals surface area contributed by atoms with Crippen LogP contribution < -0.4 is 10.5 Å². The highest BCUT2D eigenvalue weighted by molar-refractivity contribution is 9.10. The van der Waals surface area contributed by atoms with E-state index < -0.39 is 0 Å². The van der Waals surface area contributed by atoms with Gasteiger partial charge in [0.1, 0.15) is 0 Å². The number of aryl methyl sites for hydroxylation is 1. The molecule has 0 unspecified atom stereocenters. The number of nitrogens with two attached hydrogens (primary N) is 1. The molecular weight excluding hydrogens is 254 g/mol. The minimum atomic E-state index is 0.723. The van der Waals surface area contributed by atoms with Crippen LogP contribution >= 0.6 is 15.9 Å². The Morgan fingerprint density at radius 3 is 2.73 bits per heavy atom. The van der Waals surface area contributed by atoms with Crippen LogP contribution in [0.3, 0.4) is 0 Å². The van der Waals surface area contributed by atoms with Gasteiger partial charge in [0.2, 0.25) is 0 Å². The number of rotatable bonds is 3. The van der Waals surface area contributed by atoms with Crippen molar-refractivity contribution < 1.29 is 4.74 Å². The van der Waals surface area contributed by atoms with Gasteiger partial charge in [-0.25, -0.2) is 0 Å². The molecule has 0 bridgehead atoms. The summed E-state index contributed by atoms with van der Waals surface area (Å²) in [7, 11) is 0. The van der Waals surface area contributed by atoms with E-state index in [0.29, 0.717) is 0 Å². The molecule has 3 heteroatoms. The summed E-state index contributed by atoms with van der Waals surface area (Å²) in [6.07, 6.45) is 3.94. The number of hydrogen-bond acceptors (Lipinski definition) is 2. The Morgan fingerprint density at radius 2 is 2.20 bits per heavy atom. The lowest BCUT2D eigenvalue weighted by atomic mass is 9.86. The molecule has 1 aliphatic carbocycles. The lowest BCUT2D eigenvalue weighted by Crippen LogP contribution is -2.19. The molecule has 0 amide bonds. The van der Waals surface area contributed by atoms with E-state index in [4.69, 9.17) is 10.5 Å². The minimum absolute atomic E-state index is 0.723. The molecule has 2 N–H and O–H groups in total. The first-order valence-corrected chi connectivity index (χ1v) is 6.14. The Balaban J connectivity index is 2.05. The molecule has 1 aliphatic rings. The molecule has 2 nitrogen and oxygen atoms in total. The molecule has 1 aromatic carbocycles. The molecule has 0 spiro atoms. The fourth-order valence-electron chi connectivity index (χ4n) is 1.77. The van der Waals surface area contributed by atoms with Crippen LogP contribution in [0.25, 0.3) is 0 Å². The molecule has 0 aromatic heterocycles. The first-order valence-electron chi connectivity index (χ1n) is 5.35. The van der Waals surface area contributed by atoms with Gasteiger partial charge in [-0.05, 0) is 59.3 Å². The zero-order valence-corrected chi connectivity index (χ0v) is 10.5. The maximum absolute atomic E-state index is 5.91. The average molecular weight is 270 g/mol. The van der Waals surface area contributed by atoms with Crippen molar-refractivity contribution in [3.8, 4) is 5.75 Å². The van der Waals surface area contributed by atoms with Gasteiger partial charge in [0.15, 0.2) is 5.75 Å². The van der Waals surface area contributed by atoms with Gasteiger partial charge in [0, 0.05) is 0 Å². The van der Waals surface area contributed by atoms with Crippen molar-refractivity contribution >= 4 is 21.6 Å². The standard InChI is InChI=1S/C12H16BrNO/c1-8-5-10(13)12(11(14)6-8)15-7-9-3-2-4-9/h5-6,9H,2-4,7,14H2,1H3. The summed E-state index contributed by atoms with van der Waals surface area (Å²) in [5.41, 5.74) is 7.78. The molecule has 1 saturated carbocycles. The molecule has 1 fully saturated rings. The SMILES string of the molecule is Cc1cc(N)c(OCC2CCC2)c(Br)c1. The molecule has 82 valence electrons.